The third kappa shape index (κ3) is 3.11. The fourth-order valence-electron chi connectivity index (χ4n) is 2.84. The lowest BCUT2D eigenvalue weighted by Crippen LogP contribution is -2.35. The Morgan fingerprint density at radius 3 is 2.91 bits per heavy atom. The van der Waals surface area contributed by atoms with Crippen LogP contribution in [0, 0.1) is 17.0 Å². The molecule has 0 saturated heterocycles. The highest BCUT2D eigenvalue weighted by Crippen LogP contribution is 2.26. The lowest BCUT2D eigenvalue weighted by molar-refractivity contribution is -0.385. The molecule has 0 amide bonds. The van der Waals surface area contributed by atoms with Crippen molar-refractivity contribution in [2.24, 2.45) is 0 Å². The monoisotopic (exact) mass is 315 g/mol. The molecule has 3 rings (SSSR count). The number of nitrogens with zero attached hydrogens (tertiary/aromatic N) is 4. The van der Waals surface area contributed by atoms with Crippen molar-refractivity contribution in [1.29, 1.82) is 0 Å². The number of aromatic amines is 1. The molecule has 23 heavy (non-hydrogen) atoms. The van der Waals surface area contributed by atoms with Gasteiger partial charge in [-0.3, -0.25) is 24.8 Å². The van der Waals surface area contributed by atoms with Gasteiger partial charge in [0.05, 0.1) is 11.0 Å². The van der Waals surface area contributed by atoms with Gasteiger partial charge in [-0.25, -0.2) is 4.98 Å². The van der Waals surface area contributed by atoms with E-state index in [0.717, 1.165) is 17.8 Å². The third-order valence-corrected chi connectivity index (χ3v) is 4.10. The maximum Gasteiger partial charge on any atom is 0.287 e. The lowest BCUT2D eigenvalue weighted by Gasteiger charge is -2.32. The SMILES string of the molecule is Cc1cc(=O)[nH]c([C@@H](C)N2CCc3ncc([N+](=O)[O-])cc3C2)n1. The van der Waals surface area contributed by atoms with E-state index in [1.807, 2.05) is 6.92 Å². The molecule has 1 aliphatic heterocycles. The average molecular weight is 315 g/mol. The molecule has 0 radical (unpaired) electrons. The highest BCUT2D eigenvalue weighted by molar-refractivity contribution is 5.35. The molecule has 0 aromatic carbocycles. The van der Waals surface area contributed by atoms with Crippen LogP contribution in [0.3, 0.4) is 0 Å². The molecular weight excluding hydrogens is 298 g/mol. The molecule has 8 nitrogen and oxygen atoms in total. The molecule has 1 aliphatic rings. The summed E-state index contributed by atoms with van der Waals surface area (Å²) < 4.78 is 0. The van der Waals surface area contributed by atoms with Crippen molar-refractivity contribution in [3.8, 4) is 0 Å². The molecule has 0 spiro atoms. The number of nitrogens with one attached hydrogen (secondary N) is 1. The zero-order valence-corrected chi connectivity index (χ0v) is 12.9. The highest BCUT2D eigenvalue weighted by atomic mass is 16.6. The normalized spacial score (nSPS) is 15.9. The van der Waals surface area contributed by atoms with E-state index in [9.17, 15) is 14.9 Å². The van der Waals surface area contributed by atoms with Gasteiger partial charge in [-0.1, -0.05) is 0 Å². The van der Waals surface area contributed by atoms with Gasteiger partial charge >= 0.3 is 0 Å². The Balaban J connectivity index is 1.87. The van der Waals surface area contributed by atoms with Crippen molar-refractivity contribution >= 4 is 5.69 Å². The predicted molar refractivity (Wildman–Crippen MR) is 83.0 cm³/mol. The van der Waals surface area contributed by atoms with Crippen LogP contribution in [0.15, 0.2) is 23.1 Å². The first-order valence-electron chi connectivity index (χ1n) is 7.38. The van der Waals surface area contributed by atoms with Gasteiger partial charge in [0, 0.05) is 43.0 Å². The summed E-state index contributed by atoms with van der Waals surface area (Å²) in [5.41, 5.74) is 2.25. The van der Waals surface area contributed by atoms with Crippen LogP contribution in [0.4, 0.5) is 5.69 Å². The predicted octanol–water partition coefficient (Wildman–Crippen LogP) is 1.50. The molecule has 1 N–H and O–H groups in total. The summed E-state index contributed by atoms with van der Waals surface area (Å²) in [6.07, 6.45) is 2.02. The molecule has 3 heterocycles. The van der Waals surface area contributed by atoms with Gasteiger partial charge in [0.2, 0.25) is 0 Å². The van der Waals surface area contributed by atoms with Gasteiger partial charge in [-0.05, 0) is 19.4 Å². The molecule has 2 aromatic rings. The number of nitro groups is 1. The van der Waals surface area contributed by atoms with Crippen molar-refractivity contribution < 1.29 is 4.92 Å². The van der Waals surface area contributed by atoms with E-state index < -0.39 is 4.92 Å². The maximum atomic E-state index is 11.6. The van der Waals surface area contributed by atoms with Gasteiger partial charge in [0.1, 0.15) is 12.0 Å². The minimum absolute atomic E-state index is 0.000315. The van der Waals surface area contributed by atoms with E-state index >= 15 is 0 Å². The topological polar surface area (TPSA) is 105 Å². The van der Waals surface area contributed by atoms with Crippen molar-refractivity contribution in [2.45, 2.75) is 32.9 Å². The lowest BCUT2D eigenvalue weighted by atomic mass is 10.0. The first kappa shape index (κ1) is 15.3. The Hall–Kier alpha value is -2.61. The molecule has 0 unspecified atom stereocenters. The number of rotatable bonds is 3. The number of pyridine rings is 1. The summed E-state index contributed by atoms with van der Waals surface area (Å²) in [7, 11) is 0. The molecule has 0 saturated carbocycles. The van der Waals surface area contributed by atoms with Crippen LogP contribution < -0.4 is 5.56 Å². The first-order chi connectivity index (χ1) is 10.9. The van der Waals surface area contributed by atoms with Crippen LogP contribution in [0.1, 0.15) is 35.7 Å². The smallest absolute Gasteiger partial charge is 0.287 e. The first-order valence-corrected chi connectivity index (χ1v) is 7.38. The van der Waals surface area contributed by atoms with Crippen molar-refractivity contribution in [2.75, 3.05) is 6.54 Å². The summed E-state index contributed by atoms with van der Waals surface area (Å²) >= 11 is 0. The summed E-state index contributed by atoms with van der Waals surface area (Å²) in [6, 6.07) is 2.94. The van der Waals surface area contributed by atoms with E-state index in [1.54, 1.807) is 13.0 Å². The number of hydrogen-bond donors (Lipinski definition) is 1. The van der Waals surface area contributed by atoms with Crippen LogP contribution in [-0.2, 0) is 13.0 Å². The summed E-state index contributed by atoms with van der Waals surface area (Å²) in [5, 5.41) is 10.9. The zero-order chi connectivity index (χ0) is 16.6. The highest BCUT2D eigenvalue weighted by Gasteiger charge is 2.25. The van der Waals surface area contributed by atoms with Crippen molar-refractivity contribution in [3.63, 3.8) is 0 Å². The Bertz CT molecular complexity index is 817. The van der Waals surface area contributed by atoms with Crippen LogP contribution in [0.25, 0.3) is 0 Å². The van der Waals surface area contributed by atoms with Crippen LogP contribution in [0.5, 0.6) is 0 Å². The number of fused-ring (bicyclic) bond motifs is 1. The fourth-order valence-corrected chi connectivity index (χ4v) is 2.84. The maximum absolute atomic E-state index is 11.6. The molecule has 0 aliphatic carbocycles. The van der Waals surface area contributed by atoms with Crippen LogP contribution in [-0.4, -0.2) is 31.3 Å². The van der Waals surface area contributed by atoms with Crippen LogP contribution >= 0.6 is 0 Å². The van der Waals surface area contributed by atoms with Gasteiger partial charge in [-0.15, -0.1) is 0 Å². The Kier molecular flexibility index (Phi) is 3.91. The van der Waals surface area contributed by atoms with Crippen molar-refractivity contribution in [1.82, 2.24) is 19.9 Å². The van der Waals surface area contributed by atoms with E-state index in [-0.39, 0.29) is 17.3 Å². The van der Waals surface area contributed by atoms with E-state index in [0.29, 0.717) is 24.5 Å². The second-order valence-electron chi connectivity index (χ2n) is 5.72. The quantitative estimate of drug-likeness (QED) is 0.680. The van der Waals surface area contributed by atoms with Gasteiger partial charge in [-0.2, -0.15) is 0 Å². The minimum atomic E-state index is -0.435. The zero-order valence-electron chi connectivity index (χ0n) is 12.9. The molecule has 8 heteroatoms. The van der Waals surface area contributed by atoms with E-state index in [1.165, 1.54) is 12.3 Å². The Morgan fingerprint density at radius 2 is 2.22 bits per heavy atom. The van der Waals surface area contributed by atoms with Gasteiger partial charge in [0.15, 0.2) is 0 Å². The average Bonchev–Trinajstić information content (AvgIpc) is 2.52. The van der Waals surface area contributed by atoms with Crippen molar-refractivity contribution in [3.05, 3.63) is 61.6 Å². The summed E-state index contributed by atoms with van der Waals surface area (Å²) in [5.74, 6) is 0.608. The molecule has 2 aromatic heterocycles. The van der Waals surface area contributed by atoms with Gasteiger partial charge < -0.3 is 4.98 Å². The van der Waals surface area contributed by atoms with Crippen LogP contribution in [0.2, 0.25) is 0 Å². The fraction of sp³-hybridized carbons (Fsp3) is 0.400. The second-order valence-corrected chi connectivity index (χ2v) is 5.72. The van der Waals surface area contributed by atoms with E-state index in [4.69, 9.17) is 0 Å². The third-order valence-electron chi connectivity index (χ3n) is 4.10. The summed E-state index contributed by atoms with van der Waals surface area (Å²) in [6.45, 7) is 5.05. The molecule has 1 atom stereocenters. The molecule has 0 bridgehead atoms. The summed E-state index contributed by atoms with van der Waals surface area (Å²) in [4.78, 5) is 35.6. The number of aryl methyl sites for hydroxylation is 1. The van der Waals surface area contributed by atoms with E-state index in [2.05, 4.69) is 19.9 Å². The molecule has 0 fully saturated rings. The largest absolute Gasteiger partial charge is 0.309 e. The number of hydrogen-bond acceptors (Lipinski definition) is 6. The molecule has 120 valence electrons. The Labute approximate surface area is 132 Å². The number of aromatic nitrogens is 3. The standard InChI is InChI=1S/C15H17N5O3/c1-9-5-14(21)18-15(17-9)10(2)19-4-3-13-11(8-19)6-12(7-16-13)20(22)23/h5-7,10H,3-4,8H2,1-2H3,(H,17,18,21)/t10-/m1/s1. The van der Waals surface area contributed by atoms with Gasteiger partial charge in [0.25, 0.3) is 11.2 Å². The second kappa shape index (κ2) is 5.88. The Morgan fingerprint density at radius 1 is 1.43 bits per heavy atom. The molecular formula is C15H17N5O3. The number of H-pyrrole nitrogens is 1. The minimum Gasteiger partial charge on any atom is -0.309 e.